The van der Waals surface area contributed by atoms with Gasteiger partial charge in [0.05, 0.1) is 0 Å². The summed E-state index contributed by atoms with van der Waals surface area (Å²) in [6.45, 7) is 1.75. The van der Waals surface area contributed by atoms with Crippen molar-refractivity contribution in [3.63, 3.8) is 0 Å². The highest BCUT2D eigenvalue weighted by Crippen LogP contribution is 2.01. The Balaban J connectivity index is 3.10. The predicted octanol–water partition coefficient (Wildman–Crippen LogP) is -0.513. The number of aldehydes is 1. The van der Waals surface area contributed by atoms with Gasteiger partial charge in [-0.05, 0) is 17.9 Å². The minimum atomic E-state index is -1.47. The first kappa shape index (κ1) is 8.97. The summed E-state index contributed by atoms with van der Waals surface area (Å²) in [4.78, 5) is 10.4. The molecule has 1 aromatic rings. The molecule has 0 unspecified atom stereocenters. The van der Waals surface area contributed by atoms with Crippen molar-refractivity contribution in [3.05, 3.63) is 29.3 Å². The van der Waals surface area contributed by atoms with E-state index in [4.69, 9.17) is 10.0 Å². The summed E-state index contributed by atoms with van der Waals surface area (Å²) in [5.41, 5.74) is 1.72. The highest BCUT2D eigenvalue weighted by Gasteiger charge is 2.11. The van der Waals surface area contributed by atoms with Gasteiger partial charge in [0.2, 0.25) is 0 Å². The summed E-state index contributed by atoms with van der Waals surface area (Å²) in [6.07, 6.45) is 0.739. The second-order valence-corrected chi connectivity index (χ2v) is 2.61. The van der Waals surface area contributed by atoms with Crippen molar-refractivity contribution in [2.45, 2.75) is 6.92 Å². The standard InChI is InChI=1S/C8H9BO3/c1-6-4-8(9(11)12)3-2-7(6)5-10/h2-5,11-12H,1H3. The van der Waals surface area contributed by atoms with E-state index in [1.807, 2.05) is 0 Å². The first-order valence-electron chi connectivity index (χ1n) is 3.57. The van der Waals surface area contributed by atoms with E-state index in [1.165, 1.54) is 6.07 Å². The zero-order chi connectivity index (χ0) is 9.14. The predicted molar refractivity (Wildman–Crippen MR) is 46.4 cm³/mol. The van der Waals surface area contributed by atoms with Gasteiger partial charge in [-0.25, -0.2) is 0 Å². The lowest BCUT2D eigenvalue weighted by Gasteiger charge is -2.02. The average Bonchev–Trinajstić information content (AvgIpc) is 2.04. The fourth-order valence-corrected chi connectivity index (χ4v) is 0.992. The molecule has 0 bridgehead atoms. The number of carbonyl (C=O) groups is 1. The molecular formula is C8H9BO3. The van der Waals surface area contributed by atoms with Gasteiger partial charge in [-0.15, -0.1) is 0 Å². The molecule has 0 saturated heterocycles. The Hall–Kier alpha value is -1.13. The minimum Gasteiger partial charge on any atom is -0.423 e. The van der Waals surface area contributed by atoms with Gasteiger partial charge in [0.1, 0.15) is 6.29 Å². The lowest BCUT2D eigenvalue weighted by atomic mass is 9.79. The van der Waals surface area contributed by atoms with Crippen LogP contribution in [0.25, 0.3) is 0 Å². The Kier molecular flexibility index (Phi) is 2.63. The smallest absolute Gasteiger partial charge is 0.423 e. The molecule has 0 saturated carbocycles. The second kappa shape index (κ2) is 3.52. The SMILES string of the molecule is Cc1cc(B(O)O)ccc1C=O. The Morgan fingerprint density at radius 2 is 2.08 bits per heavy atom. The van der Waals surface area contributed by atoms with Gasteiger partial charge in [-0.2, -0.15) is 0 Å². The van der Waals surface area contributed by atoms with Crippen molar-refractivity contribution in [1.82, 2.24) is 0 Å². The van der Waals surface area contributed by atoms with E-state index in [0.717, 1.165) is 11.8 Å². The van der Waals surface area contributed by atoms with Crippen LogP contribution in [0.15, 0.2) is 18.2 Å². The molecule has 62 valence electrons. The van der Waals surface area contributed by atoms with Gasteiger partial charge in [0.25, 0.3) is 0 Å². The van der Waals surface area contributed by atoms with E-state index < -0.39 is 7.12 Å². The second-order valence-electron chi connectivity index (χ2n) is 2.61. The third kappa shape index (κ3) is 1.72. The molecule has 0 spiro atoms. The van der Waals surface area contributed by atoms with Crippen molar-refractivity contribution >= 4 is 18.9 Å². The molecular weight excluding hydrogens is 155 g/mol. The van der Waals surface area contributed by atoms with Crippen molar-refractivity contribution in [3.8, 4) is 0 Å². The maximum atomic E-state index is 10.4. The molecule has 3 nitrogen and oxygen atoms in total. The first-order valence-corrected chi connectivity index (χ1v) is 3.57. The summed E-state index contributed by atoms with van der Waals surface area (Å²) in [6, 6.07) is 4.66. The molecule has 0 radical (unpaired) electrons. The Bertz CT molecular complexity index is 296. The molecule has 2 N–H and O–H groups in total. The van der Waals surface area contributed by atoms with Crippen molar-refractivity contribution < 1.29 is 14.8 Å². The molecule has 12 heavy (non-hydrogen) atoms. The molecule has 0 aliphatic rings. The highest BCUT2D eigenvalue weighted by molar-refractivity contribution is 6.58. The van der Waals surface area contributed by atoms with E-state index in [2.05, 4.69) is 0 Å². The van der Waals surface area contributed by atoms with E-state index in [-0.39, 0.29) is 0 Å². The van der Waals surface area contributed by atoms with E-state index in [0.29, 0.717) is 11.0 Å². The number of rotatable bonds is 2. The zero-order valence-corrected chi connectivity index (χ0v) is 6.69. The van der Waals surface area contributed by atoms with Crippen LogP contribution in [-0.4, -0.2) is 23.5 Å². The van der Waals surface area contributed by atoms with Crippen LogP contribution in [0.5, 0.6) is 0 Å². The Labute approximate surface area is 70.8 Å². The molecule has 0 fully saturated rings. The summed E-state index contributed by atoms with van der Waals surface area (Å²) in [7, 11) is -1.47. The van der Waals surface area contributed by atoms with Gasteiger partial charge in [-0.3, -0.25) is 4.79 Å². The van der Waals surface area contributed by atoms with Gasteiger partial charge < -0.3 is 10.0 Å². The van der Waals surface area contributed by atoms with Crippen molar-refractivity contribution in [2.75, 3.05) is 0 Å². The van der Waals surface area contributed by atoms with Gasteiger partial charge in [0.15, 0.2) is 0 Å². The topological polar surface area (TPSA) is 57.5 Å². The highest BCUT2D eigenvalue weighted by atomic mass is 16.4. The Morgan fingerprint density at radius 3 is 2.50 bits per heavy atom. The zero-order valence-electron chi connectivity index (χ0n) is 6.69. The number of carbonyl (C=O) groups excluding carboxylic acids is 1. The van der Waals surface area contributed by atoms with Crippen LogP contribution in [-0.2, 0) is 0 Å². The van der Waals surface area contributed by atoms with Gasteiger partial charge in [0, 0.05) is 5.56 Å². The summed E-state index contributed by atoms with van der Waals surface area (Å²) >= 11 is 0. The molecule has 0 aliphatic carbocycles. The minimum absolute atomic E-state index is 0.401. The lowest BCUT2D eigenvalue weighted by molar-refractivity contribution is 0.112. The average molecular weight is 164 g/mol. The normalized spacial score (nSPS) is 9.58. The summed E-state index contributed by atoms with van der Waals surface area (Å²) in [5.74, 6) is 0. The summed E-state index contributed by atoms with van der Waals surface area (Å²) in [5, 5.41) is 17.6. The maximum absolute atomic E-state index is 10.4. The van der Waals surface area contributed by atoms with Crippen molar-refractivity contribution in [2.24, 2.45) is 0 Å². The van der Waals surface area contributed by atoms with Crippen molar-refractivity contribution in [1.29, 1.82) is 0 Å². The van der Waals surface area contributed by atoms with Gasteiger partial charge in [-0.1, -0.05) is 18.2 Å². The maximum Gasteiger partial charge on any atom is 0.488 e. The van der Waals surface area contributed by atoms with Crippen LogP contribution in [0.2, 0.25) is 0 Å². The summed E-state index contributed by atoms with van der Waals surface area (Å²) < 4.78 is 0. The van der Waals surface area contributed by atoms with E-state index in [1.54, 1.807) is 19.1 Å². The number of hydrogen-bond acceptors (Lipinski definition) is 3. The van der Waals surface area contributed by atoms with Crippen LogP contribution in [0.3, 0.4) is 0 Å². The molecule has 0 atom stereocenters. The number of aryl methyl sites for hydroxylation is 1. The number of benzene rings is 1. The van der Waals surface area contributed by atoms with Crippen LogP contribution < -0.4 is 5.46 Å². The first-order chi connectivity index (χ1) is 5.65. The lowest BCUT2D eigenvalue weighted by Crippen LogP contribution is -2.30. The van der Waals surface area contributed by atoms with Crippen LogP contribution in [0.4, 0.5) is 0 Å². The molecule has 4 heteroatoms. The molecule has 0 heterocycles. The third-order valence-electron chi connectivity index (χ3n) is 1.72. The molecule has 0 aliphatic heterocycles. The number of hydrogen-bond donors (Lipinski definition) is 2. The van der Waals surface area contributed by atoms with Crippen LogP contribution in [0.1, 0.15) is 15.9 Å². The quantitative estimate of drug-likeness (QED) is 0.457. The monoisotopic (exact) mass is 164 g/mol. The van der Waals surface area contributed by atoms with Gasteiger partial charge >= 0.3 is 7.12 Å². The third-order valence-corrected chi connectivity index (χ3v) is 1.72. The largest absolute Gasteiger partial charge is 0.488 e. The van der Waals surface area contributed by atoms with Crippen LogP contribution >= 0.6 is 0 Å². The fraction of sp³-hybridized carbons (Fsp3) is 0.125. The Morgan fingerprint density at radius 1 is 1.42 bits per heavy atom. The molecule has 0 amide bonds. The van der Waals surface area contributed by atoms with E-state index >= 15 is 0 Å². The van der Waals surface area contributed by atoms with Crippen LogP contribution in [0, 0.1) is 6.92 Å². The fourth-order valence-electron chi connectivity index (χ4n) is 0.992. The molecule has 1 aromatic carbocycles. The molecule has 1 rings (SSSR count). The van der Waals surface area contributed by atoms with E-state index in [9.17, 15) is 4.79 Å². The molecule has 0 aromatic heterocycles.